The van der Waals surface area contributed by atoms with Crippen molar-refractivity contribution >= 4 is 15.9 Å². The van der Waals surface area contributed by atoms with Gasteiger partial charge in [0.05, 0.1) is 0 Å². The monoisotopic (exact) mass is 338 g/mol. The summed E-state index contributed by atoms with van der Waals surface area (Å²) in [5.41, 5.74) is 1.24. The maximum Gasteiger partial charge on any atom is 0.0413 e. The van der Waals surface area contributed by atoms with Crippen LogP contribution >= 0.6 is 15.9 Å². The van der Waals surface area contributed by atoms with Gasteiger partial charge in [-0.15, -0.1) is 0 Å². The zero-order chi connectivity index (χ0) is 14.4. The number of aromatic nitrogens is 1. The summed E-state index contributed by atoms with van der Waals surface area (Å²) >= 11 is 3.46. The van der Waals surface area contributed by atoms with Gasteiger partial charge in [-0.25, -0.2) is 0 Å². The molecule has 1 heterocycles. The van der Waals surface area contributed by atoms with Crippen LogP contribution in [0.3, 0.4) is 0 Å². The lowest BCUT2D eigenvalue weighted by Crippen LogP contribution is -2.33. The van der Waals surface area contributed by atoms with E-state index in [0.717, 1.165) is 35.2 Å². The molecule has 1 N–H and O–H groups in total. The summed E-state index contributed by atoms with van der Waals surface area (Å²) in [5.74, 6) is 2.37. The minimum absolute atomic E-state index is 0.741. The van der Waals surface area contributed by atoms with Gasteiger partial charge in [-0.1, -0.05) is 26.7 Å². The van der Waals surface area contributed by atoms with Crippen molar-refractivity contribution in [1.82, 2.24) is 10.3 Å². The van der Waals surface area contributed by atoms with Crippen molar-refractivity contribution in [3.05, 3.63) is 28.5 Å². The smallest absolute Gasteiger partial charge is 0.0413 e. The van der Waals surface area contributed by atoms with E-state index in [2.05, 4.69) is 52.2 Å². The molecule has 2 rings (SSSR count). The topological polar surface area (TPSA) is 24.9 Å². The normalized spacial score (nSPS) is 23.2. The molecule has 0 aromatic carbocycles. The molecule has 1 aromatic rings. The summed E-state index contributed by atoms with van der Waals surface area (Å²) in [6, 6.07) is 4.27. The molecule has 0 bridgehead atoms. The average molecular weight is 339 g/mol. The molecule has 1 aromatic heterocycles. The van der Waals surface area contributed by atoms with Crippen LogP contribution in [0.4, 0.5) is 0 Å². The Kier molecular flexibility index (Phi) is 6.50. The molecule has 3 heteroatoms. The van der Waals surface area contributed by atoms with E-state index < -0.39 is 0 Å². The zero-order valence-electron chi connectivity index (χ0n) is 12.7. The Morgan fingerprint density at radius 1 is 1.25 bits per heavy atom. The highest BCUT2D eigenvalue weighted by atomic mass is 79.9. The number of halogens is 1. The van der Waals surface area contributed by atoms with E-state index in [4.69, 9.17) is 0 Å². The van der Waals surface area contributed by atoms with Crippen molar-refractivity contribution in [2.75, 3.05) is 13.1 Å². The molecule has 2 unspecified atom stereocenters. The van der Waals surface area contributed by atoms with Crippen LogP contribution in [-0.4, -0.2) is 18.1 Å². The Morgan fingerprint density at radius 2 is 2.00 bits per heavy atom. The van der Waals surface area contributed by atoms with Crippen molar-refractivity contribution < 1.29 is 0 Å². The average Bonchev–Trinajstić information content (AvgIpc) is 2.43. The van der Waals surface area contributed by atoms with Crippen molar-refractivity contribution in [1.29, 1.82) is 0 Å². The summed E-state index contributed by atoms with van der Waals surface area (Å²) < 4.78 is 1.07. The Bertz CT molecular complexity index is 388. The van der Waals surface area contributed by atoms with Gasteiger partial charge >= 0.3 is 0 Å². The lowest BCUT2D eigenvalue weighted by molar-refractivity contribution is 0.225. The maximum atomic E-state index is 4.55. The summed E-state index contributed by atoms with van der Waals surface area (Å²) in [6.45, 7) is 6.87. The number of nitrogens with one attached hydrogen (secondary N) is 1. The molecule has 0 saturated heterocycles. The van der Waals surface area contributed by atoms with Gasteiger partial charge in [0.2, 0.25) is 0 Å². The number of hydrogen-bond acceptors (Lipinski definition) is 2. The van der Waals surface area contributed by atoms with E-state index in [1.807, 2.05) is 6.20 Å². The van der Waals surface area contributed by atoms with Crippen LogP contribution in [0.25, 0.3) is 0 Å². The highest BCUT2D eigenvalue weighted by Crippen LogP contribution is 2.32. The molecule has 1 fully saturated rings. The highest BCUT2D eigenvalue weighted by molar-refractivity contribution is 9.10. The standard InChI is InChI=1S/C17H27BrN2/c1-13(2)10-19-11-15-6-4-3-5-14(15)9-17-8-7-16(18)12-20-17/h7-8,12-15,19H,3-6,9-11H2,1-2H3. The third kappa shape index (κ3) is 5.17. The fourth-order valence-corrected chi connectivity index (χ4v) is 3.41. The van der Waals surface area contributed by atoms with Crippen molar-refractivity contribution in [3.63, 3.8) is 0 Å². The van der Waals surface area contributed by atoms with E-state index in [9.17, 15) is 0 Å². The number of pyridine rings is 1. The predicted octanol–water partition coefficient (Wildman–Crippen LogP) is 4.44. The fourth-order valence-electron chi connectivity index (χ4n) is 3.18. The Labute approximate surface area is 131 Å². The maximum absolute atomic E-state index is 4.55. The third-order valence-electron chi connectivity index (χ3n) is 4.29. The summed E-state index contributed by atoms with van der Waals surface area (Å²) in [7, 11) is 0. The first-order valence-electron chi connectivity index (χ1n) is 7.96. The molecule has 112 valence electrons. The largest absolute Gasteiger partial charge is 0.316 e. The second kappa shape index (κ2) is 8.14. The Morgan fingerprint density at radius 3 is 2.65 bits per heavy atom. The quantitative estimate of drug-likeness (QED) is 0.829. The first kappa shape index (κ1) is 16.0. The minimum Gasteiger partial charge on any atom is -0.316 e. The molecule has 1 saturated carbocycles. The van der Waals surface area contributed by atoms with Crippen LogP contribution in [0.5, 0.6) is 0 Å². The molecule has 0 aliphatic heterocycles. The van der Waals surface area contributed by atoms with Gasteiger partial charge in [-0.05, 0) is 78.2 Å². The molecule has 1 aliphatic carbocycles. The van der Waals surface area contributed by atoms with Crippen LogP contribution in [0.1, 0.15) is 45.2 Å². The molecular formula is C17H27BrN2. The van der Waals surface area contributed by atoms with Crippen LogP contribution in [0, 0.1) is 17.8 Å². The van der Waals surface area contributed by atoms with E-state index >= 15 is 0 Å². The van der Waals surface area contributed by atoms with Crippen molar-refractivity contribution in [3.8, 4) is 0 Å². The van der Waals surface area contributed by atoms with Gasteiger partial charge in [0.15, 0.2) is 0 Å². The molecule has 0 radical (unpaired) electrons. The van der Waals surface area contributed by atoms with Gasteiger partial charge in [0, 0.05) is 16.4 Å². The molecule has 20 heavy (non-hydrogen) atoms. The number of rotatable bonds is 6. The van der Waals surface area contributed by atoms with Crippen molar-refractivity contribution in [2.24, 2.45) is 17.8 Å². The van der Waals surface area contributed by atoms with Gasteiger partial charge in [-0.3, -0.25) is 4.98 Å². The van der Waals surface area contributed by atoms with E-state index in [-0.39, 0.29) is 0 Å². The minimum atomic E-state index is 0.741. The van der Waals surface area contributed by atoms with E-state index in [0.29, 0.717) is 0 Å². The summed E-state index contributed by atoms with van der Waals surface area (Å²) in [6.07, 6.45) is 8.60. The van der Waals surface area contributed by atoms with Crippen LogP contribution in [0.2, 0.25) is 0 Å². The molecule has 2 nitrogen and oxygen atoms in total. The highest BCUT2D eigenvalue weighted by Gasteiger charge is 2.25. The molecule has 1 aliphatic rings. The Balaban J connectivity index is 1.87. The molecule has 0 spiro atoms. The summed E-state index contributed by atoms with van der Waals surface area (Å²) in [5, 5.41) is 3.65. The van der Waals surface area contributed by atoms with Gasteiger partial charge < -0.3 is 5.32 Å². The second-order valence-corrected chi connectivity index (χ2v) is 7.44. The van der Waals surface area contributed by atoms with Crippen LogP contribution in [0.15, 0.2) is 22.8 Å². The molecule has 0 amide bonds. The summed E-state index contributed by atoms with van der Waals surface area (Å²) in [4.78, 5) is 4.55. The van der Waals surface area contributed by atoms with E-state index in [1.54, 1.807) is 0 Å². The van der Waals surface area contributed by atoms with Gasteiger partial charge in [0.1, 0.15) is 0 Å². The Hall–Kier alpha value is -0.410. The van der Waals surface area contributed by atoms with E-state index in [1.165, 1.54) is 37.9 Å². The first-order valence-corrected chi connectivity index (χ1v) is 8.75. The first-order chi connectivity index (χ1) is 9.65. The number of nitrogens with zero attached hydrogens (tertiary/aromatic N) is 1. The van der Waals surface area contributed by atoms with Crippen molar-refractivity contribution in [2.45, 2.75) is 46.0 Å². The van der Waals surface area contributed by atoms with Crippen LogP contribution in [-0.2, 0) is 6.42 Å². The lowest BCUT2D eigenvalue weighted by Gasteiger charge is -2.32. The molecule has 2 atom stereocenters. The zero-order valence-corrected chi connectivity index (χ0v) is 14.3. The third-order valence-corrected chi connectivity index (χ3v) is 4.75. The van der Waals surface area contributed by atoms with Gasteiger partial charge in [0.25, 0.3) is 0 Å². The fraction of sp³-hybridized carbons (Fsp3) is 0.706. The number of hydrogen-bond donors (Lipinski definition) is 1. The molecular weight excluding hydrogens is 312 g/mol. The predicted molar refractivity (Wildman–Crippen MR) is 88.8 cm³/mol. The SMILES string of the molecule is CC(C)CNCC1CCCCC1Cc1ccc(Br)cn1. The van der Waals surface area contributed by atoms with Crippen LogP contribution < -0.4 is 5.32 Å². The van der Waals surface area contributed by atoms with Gasteiger partial charge in [-0.2, -0.15) is 0 Å². The lowest BCUT2D eigenvalue weighted by atomic mass is 9.76. The second-order valence-electron chi connectivity index (χ2n) is 6.53.